The molecule has 0 fully saturated rings. The van der Waals surface area contributed by atoms with Gasteiger partial charge in [0.2, 0.25) is 10.0 Å². The molecule has 0 amide bonds. The van der Waals surface area contributed by atoms with Crippen LogP contribution < -0.4 is 0 Å². The number of aryl methyl sites for hydroxylation is 1. The Labute approximate surface area is 164 Å². The van der Waals surface area contributed by atoms with Crippen molar-refractivity contribution in [1.29, 1.82) is 0 Å². The van der Waals surface area contributed by atoms with Crippen LogP contribution in [-0.4, -0.2) is 29.0 Å². The highest BCUT2D eigenvalue weighted by atomic mass is 35.5. The molecular formula is C20H20ClN3O2S. The molecule has 0 N–H and O–H groups in total. The van der Waals surface area contributed by atoms with Gasteiger partial charge in [-0.1, -0.05) is 41.9 Å². The van der Waals surface area contributed by atoms with Gasteiger partial charge >= 0.3 is 0 Å². The molecule has 3 aromatic rings. The lowest BCUT2D eigenvalue weighted by molar-refractivity contribution is 0.371. The number of sulfonamides is 1. The van der Waals surface area contributed by atoms with Gasteiger partial charge < -0.3 is 0 Å². The maximum absolute atomic E-state index is 13.4. The Morgan fingerprint density at radius 1 is 1.15 bits per heavy atom. The maximum Gasteiger partial charge on any atom is 0.243 e. The number of fused-ring (bicyclic) bond motifs is 1. The fraction of sp³-hybridized carbons (Fsp3) is 0.250. The molecule has 1 aliphatic heterocycles. The van der Waals surface area contributed by atoms with E-state index in [1.807, 2.05) is 37.6 Å². The van der Waals surface area contributed by atoms with Crippen LogP contribution in [-0.2, 0) is 23.6 Å². The van der Waals surface area contributed by atoms with Gasteiger partial charge in [0.25, 0.3) is 0 Å². The predicted molar refractivity (Wildman–Crippen MR) is 105 cm³/mol. The molecular weight excluding hydrogens is 382 g/mol. The number of hydrogen-bond donors (Lipinski definition) is 0. The first-order valence-corrected chi connectivity index (χ1v) is 10.5. The van der Waals surface area contributed by atoms with Gasteiger partial charge in [-0.25, -0.2) is 8.42 Å². The van der Waals surface area contributed by atoms with Gasteiger partial charge in [0, 0.05) is 37.3 Å². The first-order valence-electron chi connectivity index (χ1n) is 8.69. The van der Waals surface area contributed by atoms with Crippen molar-refractivity contribution in [3.63, 3.8) is 0 Å². The lowest BCUT2D eigenvalue weighted by Gasteiger charge is -2.34. The average Bonchev–Trinajstić information content (AvgIpc) is 3.09. The number of hydrogen-bond acceptors (Lipinski definition) is 3. The third kappa shape index (κ3) is 3.18. The van der Waals surface area contributed by atoms with E-state index in [2.05, 4.69) is 11.2 Å². The van der Waals surface area contributed by atoms with Crippen molar-refractivity contribution in [3.8, 4) is 0 Å². The van der Waals surface area contributed by atoms with Gasteiger partial charge in [0.15, 0.2) is 0 Å². The normalized spacial score (nSPS) is 17.7. The van der Waals surface area contributed by atoms with Gasteiger partial charge in [-0.15, -0.1) is 0 Å². The molecule has 2 aromatic carbocycles. The number of halogens is 1. The van der Waals surface area contributed by atoms with Crippen molar-refractivity contribution in [2.24, 2.45) is 7.05 Å². The summed E-state index contributed by atoms with van der Waals surface area (Å²) in [6, 6.07) is 13.0. The summed E-state index contributed by atoms with van der Waals surface area (Å²) in [5.74, 6) is -0.0575. The van der Waals surface area contributed by atoms with Gasteiger partial charge in [-0.2, -0.15) is 9.40 Å². The highest BCUT2D eigenvalue weighted by Gasteiger charge is 2.35. The quantitative estimate of drug-likeness (QED) is 0.672. The fourth-order valence-electron chi connectivity index (χ4n) is 3.67. The minimum atomic E-state index is -3.67. The molecule has 2 heterocycles. The molecule has 0 spiro atoms. The molecule has 0 aliphatic carbocycles. The molecule has 4 rings (SSSR count). The summed E-state index contributed by atoms with van der Waals surface area (Å²) in [5, 5.41) is 4.72. The lowest BCUT2D eigenvalue weighted by Crippen LogP contribution is -2.38. The highest BCUT2D eigenvalue weighted by molar-refractivity contribution is 7.89. The molecule has 0 bridgehead atoms. The van der Waals surface area contributed by atoms with Crippen LogP contribution >= 0.6 is 11.6 Å². The summed E-state index contributed by atoms with van der Waals surface area (Å²) in [4.78, 5) is 0.263. The molecule has 1 atom stereocenters. The van der Waals surface area contributed by atoms with E-state index in [0.717, 1.165) is 16.7 Å². The van der Waals surface area contributed by atoms with Gasteiger partial charge in [-0.3, -0.25) is 4.68 Å². The number of aromatic nitrogens is 2. The van der Waals surface area contributed by atoms with E-state index in [0.29, 0.717) is 23.7 Å². The first-order chi connectivity index (χ1) is 12.9. The van der Waals surface area contributed by atoms with E-state index in [-0.39, 0.29) is 10.8 Å². The van der Waals surface area contributed by atoms with E-state index >= 15 is 0 Å². The van der Waals surface area contributed by atoms with E-state index in [9.17, 15) is 8.42 Å². The zero-order valence-corrected chi connectivity index (χ0v) is 16.7. The number of benzene rings is 2. The maximum atomic E-state index is 13.4. The van der Waals surface area contributed by atoms with E-state index in [1.54, 1.807) is 34.1 Å². The highest BCUT2D eigenvalue weighted by Crippen LogP contribution is 2.36. The number of rotatable bonds is 3. The van der Waals surface area contributed by atoms with Crippen LogP contribution in [0.2, 0.25) is 5.02 Å². The molecule has 27 heavy (non-hydrogen) atoms. The van der Waals surface area contributed by atoms with E-state index < -0.39 is 10.0 Å². The van der Waals surface area contributed by atoms with Crippen LogP contribution in [0.25, 0.3) is 0 Å². The molecule has 0 radical (unpaired) electrons. The van der Waals surface area contributed by atoms with Crippen molar-refractivity contribution in [3.05, 3.63) is 82.1 Å². The zero-order chi connectivity index (χ0) is 19.2. The topological polar surface area (TPSA) is 55.2 Å². The first kappa shape index (κ1) is 18.2. The SMILES string of the molecule is Cc1c(Cl)cccc1S(=O)(=O)N1Cc2ccccc2[C@@H](c2cnn(C)c2)C1. The molecule has 1 aliphatic rings. The van der Waals surface area contributed by atoms with Gasteiger partial charge in [-0.05, 0) is 41.3 Å². The molecule has 0 saturated heterocycles. The van der Waals surface area contributed by atoms with Crippen LogP contribution in [0.4, 0.5) is 0 Å². The molecule has 7 heteroatoms. The summed E-state index contributed by atoms with van der Waals surface area (Å²) in [6.45, 7) is 2.46. The monoisotopic (exact) mass is 401 g/mol. The summed E-state index contributed by atoms with van der Waals surface area (Å²) in [6.07, 6.45) is 3.75. The second kappa shape index (κ2) is 6.78. The second-order valence-corrected chi connectivity index (χ2v) is 9.17. The predicted octanol–water partition coefficient (Wildman–Crippen LogP) is 3.72. The summed E-state index contributed by atoms with van der Waals surface area (Å²) in [5.41, 5.74) is 3.75. The Kier molecular flexibility index (Phi) is 4.58. The van der Waals surface area contributed by atoms with Crippen molar-refractivity contribution in [2.45, 2.75) is 24.3 Å². The number of nitrogens with zero attached hydrogens (tertiary/aromatic N) is 3. The van der Waals surface area contributed by atoms with Gasteiger partial charge in [0.05, 0.1) is 11.1 Å². The molecule has 0 saturated carbocycles. The third-order valence-corrected chi connectivity index (χ3v) is 7.49. The Hall–Kier alpha value is -2.15. The van der Waals surface area contributed by atoms with Crippen LogP contribution in [0.1, 0.15) is 28.2 Å². The van der Waals surface area contributed by atoms with Crippen LogP contribution in [0.5, 0.6) is 0 Å². The molecule has 140 valence electrons. The lowest BCUT2D eigenvalue weighted by atomic mass is 9.87. The summed E-state index contributed by atoms with van der Waals surface area (Å²) in [7, 11) is -1.81. The summed E-state index contributed by atoms with van der Waals surface area (Å²) < 4.78 is 30.1. The van der Waals surface area contributed by atoms with Crippen LogP contribution in [0.3, 0.4) is 0 Å². The second-order valence-electron chi connectivity index (χ2n) is 6.86. The fourth-order valence-corrected chi connectivity index (χ4v) is 5.58. The smallest absolute Gasteiger partial charge is 0.243 e. The van der Waals surface area contributed by atoms with E-state index in [1.165, 1.54) is 0 Å². The Bertz CT molecular complexity index is 1110. The van der Waals surface area contributed by atoms with Crippen molar-refractivity contribution in [1.82, 2.24) is 14.1 Å². The van der Waals surface area contributed by atoms with Crippen molar-refractivity contribution in [2.75, 3.05) is 6.54 Å². The summed E-state index contributed by atoms with van der Waals surface area (Å²) >= 11 is 6.17. The van der Waals surface area contributed by atoms with E-state index in [4.69, 9.17) is 11.6 Å². The molecule has 5 nitrogen and oxygen atoms in total. The van der Waals surface area contributed by atoms with Gasteiger partial charge in [0.1, 0.15) is 0 Å². The zero-order valence-electron chi connectivity index (χ0n) is 15.1. The largest absolute Gasteiger partial charge is 0.276 e. The van der Waals surface area contributed by atoms with Crippen molar-refractivity contribution >= 4 is 21.6 Å². The average molecular weight is 402 g/mol. The Morgan fingerprint density at radius 3 is 2.67 bits per heavy atom. The molecule has 0 unspecified atom stereocenters. The van der Waals surface area contributed by atoms with Crippen LogP contribution in [0.15, 0.2) is 59.8 Å². The standard InChI is InChI=1S/C20H20ClN3O2S/c1-14-19(21)8-5-9-20(14)27(25,26)24-12-15-6-3-4-7-17(15)18(13-24)16-10-22-23(2)11-16/h3-11,18H,12-13H2,1-2H3/t18-/m1/s1. The Balaban J connectivity index is 1.80. The minimum Gasteiger partial charge on any atom is -0.276 e. The third-order valence-electron chi connectivity index (χ3n) is 5.13. The molecule has 1 aromatic heterocycles. The Morgan fingerprint density at radius 2 is 1.93 bits per heavy atom. The van der Waals surface area contributed by atoms with Crippen LogP contribution in [0, 0.1) is 6.92 Å². The minimum absolute atomic E-state index is 0.0575. The van der Waals surface area contributed by atoms with Crippen molar-refractivity contribution < 1.29 is 8.42 Å².